The maximum Gasteiger partial charge on any atom is 0.344 e. The highest BCUT2D eigenvalue weighted by atomic mass is 16.6. The van der Waals surface area contributed by atoms with Gasteiger partial charge in [0.2, 0.25) is 5.91 Å². The summed E-state index contributed by atoms with van der Waals surface area (Å²) in [6, 6.07) is 5.50. The number of amides is 3. The largest absolute Gasteiger partial charge is 0.356 e. The van der Waals surface area contributed by atoms with E-state index in [-0.39, 0.29) is 18.3 Å². The molecule has 0 bridgehead atoms. The van der Waals surface area contributed by atoms with Crippen molar-refractivity contribution in [3.63, 3.8) is 0 Å². The lowest BCUT2D eigenvalue weighted by Crippen LogP contribution is -2.24. The first kappa shape index (κ1) is 14.9. The van der Waals surface area contributed by atoms with E-state index in [1.165, 1.54) is 18.3 Å². The van der Waals surface area contributed by atoms with Crippen molar-refractivity contribution in [1.82, 2.24) is 10.3 Å². The zero-order valence-corrected chi connectivity index (χ0v) is 11.8. The van der Waals surface area contributed by atoms with Gasteiger partial charge in [0.15, 0.2) is 0 Å². The van der Waals surface area contributed by atoms with Gasteiger partial charge in [0.1, 0.15) is 18.8 Å². The van der Waals surface area contributed by atoms with Gasteiger partial charge in [-0.05, 0) is 17.7 Å². The van der Waals surface area contributed by atoms with Crippen molar-refractivity contribution in [2.24, 2.45) is 5.10 Å². The van der Waals surface area contributed by atoms with Crippen molar-refractivity contribution in [3.8, 4) is 0 Å². The van der Waals surface area contributed by atoms with E-state index < -0.39 is 23.0 Å². The molecule has 118 valence electrons. The molecule has 0 radical (unpaired) electrons. The molecule has 0 saturated carbocycles. The van der Waals surface area contributed by atoms with Crippen molar-refractivity contribution < 1.29 is 19.2 Å². The molecule has 23 heavy (non-hydrogen) atoms. The number of nitrogens with zero attached hydrogens (tertiary/aromatic N) is 3. The monoisotopic (exact) mass is 316 g/mol. The second-order valence-corrected chi connectivity index (χ2v) is 4.93. The van der Waals surface area contributed by atoms with Gasteiger partial charge in [0, 0.05) is 12.1 Å². The van der Waals surface area contributed by atoms with Gasteiger partial charge in [0.05, 0.1) is 11.1 Å². The summed E-state index contributed by atoms with van der Waals surface area (Å²) in [4.78, 5) is 32.5. The van der Waals surface area contributed by atoms with Gasteiger partial charge in [-0.25, -0.2) is 9.80 Å². The summed E-state index contributed by atoms with van der Waals surface area (Å²) in [5.74, 6) is -0.404. The van der Waals surface area contributed by atoms with E-state index in [0.29, 0.717) is 0 Å². The second-order valence-electron chi connectivity index (χ2n) is 4.93. The van der Waals surface area contributed by atoms with Crippen LogP contribution in [0.1, 0.15) is 11.7 Å². The van der Waals surface area contributed by atoms with Crippen LogP contribution < -0.4 is 5.32 Å². The Morgan fingerprint density at radius 3 is 2.65 bits per heavy atom. The number of urea groups is 1. The predicted octanol–water partition coefficient (Wildman–Crippen LogP) is 1.13. The maximum atomic E-state index is 11.3. The molecule has 0 aromatic heterocycles. The van der Waals surface area contributed by atoms with Crippen molar-refractivity contribution in [2.75, 3.05) is 6.54 Å². The lowest BCUT2D eigenvalue weighted by molar-refractivity contribution is -0.384. The standard InChI is InChI=1S/C14H12N4O5/c19-13-8-17(14(20)16-13)15-7-11-5-6-12(23-11)9-1-3-10(4-2-9)18(21)22/h1-7,11-12H,8H2,(H,16,19,20)/b15-7+. The van der Waals surface area contributed by atoms with Crippen LogP contribution in [-0.2, 0) is 9.53 Å². The minimum atomic E-state index is -0.569. The summed E-state index contributed by atoms with van der Waals surface area (Å²) >= 11 is 0. The van der Waals surface area contributed by atoms with E-state index >= 15 is 0 Å². The van der Waals surface area contributed by atoms with Crippen LogP contribution in [0.15, 0.2) is 41.5 Å². The lowest BCUT2D eigenvalue weighted by atomic mass is 10.1. The summed E-state index contributed by atoms with van der Waals surface area (Å²) in [5.41, 5.74) is 0.787. The average Bonchev–Trinajstić information content (AvgIpc) is 3.11. The van der Waals surface area contributed by atoms with E-state index in [4.69, 9.17) is 4.74 Å². The van der Waals surface area contributed by atoms with Gasteiger partial charge in [-0.1, -0.05) is 12.2 Å². The molecule has 2 atom stereocenters. The van der Waals surface area contributed by atoms with Crippen LogP contribution in [0.3, 0.4) is 0 Å². The van der Waals surface area contributed by atoms with E-state index in [0.717, 1.165) is 10.6 Å². The minimum Gasteiger partial charge on any atom is -0.356 e. The Kier molecular flexibility index (Phi) is 3.85. The first-order valence-corrected chi connectivity index (χ1v) is 6.76. The molecule has 0 aliphatic carbocycles. The number of nitrogens with one attached hydrogen (secondary N) is 1. The zero-order chi connectivity index (χ0) is 16.4. The number of nitro groups is 1. The number of hydrazone groups is 1. The van der Waals surface area contributed by atoms with Gasteiger partial charge in [-0.15, -0.1) is 0 Å². The summed E-state index contributed by atoms with van der Waals surface area (Å²) < 4.78 is 5.70. The number of benzene rings is 1. The van der Waals surface area contributed by atoms with Crippen molar-refractivity contribution in [3.05, 3.63) is 52.1 Å². The number of carbonyl (C=O) groups is 2. The van der Waals surface area contributed by atoms with Crippen LogP contribution in [0, 0.1) is 10.1 Å². The van der Waals surface area contributed by atoms with Crippen molar-refractivity contribution in [1.29, 1.82) is 0 Å². The number of nitro benzene ring substituents is 1. The van der Waals surface area contributed by atoms with Crippen molar-refractivity contribution >= 4 is 23.8 Å². The molecule has 2 heterocycles. The fourth-order valence-corrected chi connectivity index (χ4v) is 2.20. The fourth-order valence-electron chi connectivity index (χ4n) is 2.20. The first-order valence-electron chi connectivity index (χ1n) is 6.76. The van der Waals surface area contributed by atoms with Gasteiger partial charge >= 0.3 is 6.03 Å². The van der Waals surface area contributed by atoms with E-state index in [2.05, 4.69) is 10.4 Å². The highest BCUT2D eigenvalue weighted by Crippen LogP contribution is 2.27. The normalized spacial score (nSPS) is 23.7. The Labute approximate surface area is 130 Å². The molecule has 3 rings (SSSR count). The molecule has 2 aliphatic heterocycles. The zero-order valence-electron chi connectivity index (χ0n) is 11.8. The van der Waals surface area contributed by atoms with Crippen molar-refractivity contribution in [2.45, 2.75) is 12.2 Å². The third kappa shape index (κ3) is 3.24. The third-order valence-corrected chi connectivity index (χ3v) is 3.34. The van der Waals surface area contributed by atoms with E-state index in [9.17, 15) is 19.7 Å². The van der Waals surface area contributed by atoms with Crippen LogP contribution in [0.4, 0.5) is 10.5 Å². The molecule has 1 aromatic carbocycles. The quantitative estimate of drug-likeness (QED) is 0.294. The highest BCUT2D eigenvalue weighted by molar-refractivity contribution is 6.02. The Hall–Kier alpha value is -3.07. The predicted molar refractivity (Wildman–Crippen MR) is 78.6 cm³/mol. The molecule has 2 aliphatic rings. The molecule has 0 spiro atoms. The summed E-state index contributed by atoms with van der Waals surface area (Å²) in [5, 5.41) is 17.7. The van der Waals surface area contributed by atoms with Crippen LogP contribution in [0.5, 0.6) is 0 Å². The first-order chi connectivity index (χ1) is 11.0. The molecule has 3 amide bonds. The summed E-state index contributed by atoms with van der Waals surface area (Å²) in [6.07, 6.45) is 4.18. The van der Waals surface area contributed by atoms with Crippen LogP contribution in [0.2, 0.25) is 0 Å². The molecular formula is C14H12N4O5. The van der Waals surface area contributed by atoms with E-state index in [1.807, 2.05) is 0 Å². The topological polar surface area (TPSA) is 114 Å². The molecule has 1 fully saturated rings. The number of ether oxygens (including phenoxy) is 1. The molecule has 1 N–H and O–H groups in total. The van der Waals surface area contributed by atoms with Crippen LogP contribution in [0.25, 0.3) is 0 Å². The smallest absolute Gasteiger partial charge is 0.344 e. The van der Waals surface area contributed by atoms with Gasteiger partial charge in [0.25, 0.3) is 5.69 Å². The summed E-state index contributed by atoms with van der Waals surface area (Å²) in [7, 11) is 0. The number of hydrogen-bond acceptors (Lipinski definition) is 6. The number of imide groups is 1. The average molecular weight is 316 g/mol. The minimum absolute atomic E-state index is 0.0125. The van der Waals surface area contributed by atoms with Gasteiger partial charge < -0.3 is 4.74 Å². The highest BCUT2D eigenvalue weighted by Gasteiger charge is 2.27. The lowest BCUT2D eigenvalue weighted by Gasteiger charge is -2.12. The Morgan fingerprint density at radius 2 is 2.04 bits per heavy atom. The fraction of sp³-hybridized carbons (Fsp3) is 0.214. The Balaban J connectivity index is 1.60. The molecule has 9 nitrogen and oxygen atoms in total. The summed E-state index contributed by atoms with van der Waals surface area (Å²) in [6.45, 7) is -0.114. The van der Waals surface area contributed by atoms with Crippen LogP contribution >= 0.6 is 0 Å². The SMILES string of the molecule is O=C1CN(/N=C/C2C=CC(c3ccc([N+](=O)[O-])cc3)O2)C(=O)N1. The number of non-ortho nitro benzene ring substituents is 1. The molecule has 1 aromatic rings. The molecule has 9 heteroatoms. The Bertz CT molecular complexity index is 712. The Morgan fingerprint density at radius 1 is 1.30 bits per heavy atom. The molecule has 2 unspecified atom stereocenters. The number of carbonyl (C=O) groups excluding carboxylic acids is 2. The van der Waals surface area contributed by atoms with Crippen LogP contribution in [-0.4, -0.2) is 40.7 Å². The maximum absolute atomic E-state index is 11.3. The molecular weight excluding hydrogens is 304 g/mol. The number of rotatable bonds is 4. The molecule has 1 saturated heterocycles. The third-order valence-electron chi connectivity index (χ3n) is 3.34. The van der Waals surface area contributed by atoms with E-state index in [1.54, 1.807) is 24.3 Å². The van der Waals surface area contributed by atoms with Gasteiger partial charge in [-0.3, -0.25) is 20.2 Å². The second kappa shape index (κ2) is 5.97. The van der Waals surface area contributed by atoms with Gasteiger partial charge in [-0.2, -0.15) is 5.10 Å². The number of hydrogen-bond donors (Lipinski definition) is 1.